The molecule has 4 rings (SSSR count). The van der Waals surface area contributed by atoms with Gasteiger partial charge in [0.1, 0.15) is 0 Å². The van der Waals surface area contributed by atoms with Gasteiger partial charge < -0.3 is 9.52 Å². The number of aromatic carboxylic acids is 1. The molecule has 10 nitrogen and oxygen atoms in total. The van der Waals surface area contributed by atoms with Crippen molar-refractivity contribution in [2.45, 2.75) is 0 Å². The molecule has 1 aromatic heterocycles. The predicted molar refractivity (Wildman–Crippen MR) is 105 cm³/mol. The number of anilines is 1. The summed E-state index contributed by atoms with van der Waals surface area (Å²) in [5.74, 6) is -1.81. The minimum atomic E-state index is -1.16. The number of aromatic nitrogens is 2. The second-order valence-corrected chi connectivity index (χ2v) is 6.19. The number of rotatable bonds is 5. The number of non-ortho nitro benzene ring substituents is 1. The molecule has 4 aromatic rings. The van der Waals surface area contributed by atoms with Crippen LogP contribution in [0.1, 0.15) is 20.7 Å². The first-order valence-corrected chi connectivity index (χ1v) is 8.59. The Morgan fingerprint density at radius 3 is 2.40 bits per heavy atom. The van der Waals surface area contributed by atoms with Gasteiger partial charge in [-0.1, -0.05) is 35.4 Å². The number of fused-ring (bicyclic) bond motifs is 1. The molecular formula is C20H12N4O6. The van der Waals surface area contributed by atoms with Gasteiger partial charge in [0.25, 0.3) is 11.6 Å². The van der Waals surface area contributed by atoms with Gasteiger partial charge >= 0.3 is 12.0 Å². The Labute approximate surface area is 167 Å². The first-order chi connectivity index (χ1) is 14.4. The van der Waals surface area contributed by atoms with Gasteiger partial charge in [-0.25, -0.2) is 4.79 Å². The van der Waals surface area contributed by atoms with Gasteiger partial charge in [0, 0.05) is 28.6 Å². The summed E-state index contributed by atoms with van der Waals surface area (Å²) in [4.78, 5) is 34.7. The van der Waals surface area contributed by atoms with Crippen molar-refractivity contribution in [3.8, 4) is 11.5 Å². The lowest BCUT2D eigenvalue weighted by molar-refractivity contribution is -0.384. The number of nitrogens with one attached hydrogen (secondary N) is 1. The largest absolute Gasteiger partial charge is 0.478 e. The fourth-order valence-corrected chi connectivity index (χ4v) is 3.02. The molecule has 1 amide bonds. The average Bonchev–Trinajstić information content (AvgIpc) is 3.21. The molecule has 0 fully saturated rings. The van der Waals surface area contributed by atoms with Crippen molar-refractivity contribution in [1.29, 1.82) is 0 Å². The number of hydrogen-bond donors (Lipinski definition) is 2. The zero-order chi connectivity index (χ0) is 21.3. The first-order valence-electron chi connectivity index (χ1n) is 8.59. The van der Waals surface area contributed by atoms with E-state index in [9.17, 15) is 24.8 Å². The Kier molecular flexibility index (Phi) is 4.64. The third-order valence-electron chi connectivity index (χ3n) is 4.33. The van der Waals surface area contributed by atoms with Gasteiger partial charge in [-0.2, -0.15) is 0 Å². The summed E-state index contributed by atoms with van der Waals surface area (Å²) in [7, 11) is 0. The zero-order valence-electron chi connectivity index (χ0n) is 15.1. The van der Waals surface area contributed by atoms with Crippen LogP contribution >= 0.6 is 0 Å². The van der Waals surface area contributed by atoms with E-state index >= 15 is 0 Å². The fraction of sp³-hybridized carbons (Fsp3) is 0. The second kappa shape index (κ2) is 7.43. The van der Waals surface area contributed by atoms with Crippen LogP contribution in [0.2, 0.25) is 0 Å². The molecule has 0 aliphatic carbocycles. The number of carbonyl (C=O) groups excluding carboxylic acids is 1. The number of benzene rings is 3. The smallest absolute Gasteiger partial charge is 0.336 e. The fourth-order valence-electron chi connectivity index (χ4n) is 3.02. The predicted octanol–water partition coefficient (Wildman–Crippen LogP) is 3.75. The maximum Gasteiger partial charge on any atom is 0.336 e. The van der Waals surface area contributed by atoms with Crippen LogP contribution in [0.4, 0.5) is 11.7 Å². The molecule has 2 N–H and O–H groups in total. The molecule has 148 valence electrons. The van der Waals surface area contributed by atoms with E-state index in [1.165, 1.54) is 30.3 Å². The van der Waals surface area contributed by atoms with Gasteiger partial charge in [-0.3, -0.25) is 20.2 Å². The van der Waals surface area contributed by atoms with Crippen LogP contribution in [0.15, 0.2) is 65.1 Å². The quantitative estimate of drug-likeness (QED) is 0.377. The van der Waals surface area contributed by atoms with Crippen molar-refractivity contribution < 1.29 is 24.0 Å². The molecule has 0 saturated heterocycles. The highest BCUT2D eigenvalue weighted by atomic mass is 16.6. The van der Waals surface area contributed by atoms with Gasteiger partial charge in [0.15, 0.2) is 0 Å². The molecule has 3 aromatic carbocycles. The Balaban J connectivity index is 1.66. The number of nitro benzene ring substituents is 1. The number of hydrogen-bond acceptors (Lipinski definition) is 7. The number of carbonyl (C=O) groups is 2. The number of carboxylic acid groups (broad SMARTS) is 1. The van der Waals surface area contributed by atoms with Crippen LogP contribution in [0.5, 0.6) is 0 Å². The Hall–Kier alpha value is -4.60. The van der Waals surface area contributed by atoms with Crippen molar-refractivity contribution in [3.05, 3.63) is 81.9 Å². The average molecular weight is 404 g/mol. The summed E-state index contributed by atoms with van der Waals surface area (Å²) in [5, 5.41) is 31.2. The monoisotopic (exact) mass is 404 g/mol. The van der Waals surface area contributed by atoms with Crippen LogP contribution in [0.25, 0.3) is 22.2 Å². The molecule has 0 atom stereocenters. The summed E-state index contributed by atoms with van der Waals surface area (Å²) in [6.45, 7) is 0. The summed E-state index contributed by atoms with van der Waals surface area (Å²) in [6.07, 6.45) is 0. The van der Waals surface area contributed by atoms with Gasteiger partial charge in [0.2, 0.25) is 5.89 Å². The van der Waals surface area contributed by atoms with Crippen LogP contribution in [0, 0.1) is 10.1 Å². The summed E-state index contributed by atoms with van der Waals surface area (Å²) in [5.41, 5.74) is 0.283. The molecule has 0 unspecified atom stereocenters. The minimum Gasteiger partial charge on any atom is -0.478 e. The van der Waals surface area contributed by atoms with E-state index in [-0.39, 0.29) is 34.1 Å². The molecule has 0 spiro atoms. The summed E-state index contributed by atoms with van der Waals surface area (Å²) < 4.78 is 5.39. The Bertz CT molecular complexity index is 1310. The molecule has 1 heterocycles. The highest BCUT2D eigenvalue weighted by molar-refractivity contribution is 6.17. The van der Waals surface area contributed by atoms with E-state index < -0.39 is 16.8 Å². The van der Waals surface area contributed by atoms with Crippen molar-refractivity contribution in [2.24, 2.45) is 0 Å². The molecular weight excluding hydrogens is 392 g/mol. The third-order valence-corrected chi connectivity index (χ3v) is 4.33. The standard InChI is InChI=1S/C20H12N4O6/c25-17(14-8-2-4-11-5-3-9-15(16(11)14)19(26)27)21-20-23-22-18(30-20)12-6-1-7-13(10-12)24(28)29/h1-10H,(H,26,27)(H,21,23,25). The van der Waals surface area contributed by atoms with Gasteiger partial charge in [-0.05, 0) is 23.6 Å². The summed E-state index contributed by atoms with van der Waals surface area (Å²) in [6, 6.07) is 14.9. The first kappa shape index (κ1) is 18.7. The number of carboxylic acids is 1. The second-order valence-electron chi connectivity index (χ2n) is 6.19. The van der Waals surface area contributed by atoms with E-state index in [1.807, 2.05) is 0 Å². The minimum absolute atomic E-state index is 0.0129. The maximum absolute atomic E-state index is 12.8. The van der Waals surface area contributed by atoms with Crippen LogP contribution in [-0.4, -0.2) is 32.1 Å². The lowest BCUT2D eigenvalue weighted by Gasteiger charge is -2.08. The SMILES string of the molecule is O=C(O)c1cccc2cccc(C(=O)Nc3nnc(-c4cccc([N+](=O)[O-])c4)o3)c12. The van der Waals surface area contributed by atoms with E-state index in [2.05, 4.69) is 15.5 Å². The number of nitrogens with zero attached hydrogens (tertiary/aromatic N) is 3. The van der Waals surface area contributed by atoms with E-state index in [1.54, 1.807) is 30.3 Å². The third kappa shape index (κ3) is 3.44. The lowest BCUT2D eigenvalue weighted by atomic mass is 9.99. The Morgan fingerprint density at radius 1 is 1.00 bits per heavy atom. The van der Waals surface area contributed by atoms with Crippen molar-refractivity contribution >= 4 is 34.4 Å². The highest BCUT2D eigenvalue weighted by Crippen LogP contribution is 2.26. The molecule has 30 heavy (non-hydrogen) atoms. The van der Waals surface area contributed by atoms with Crippen molar-refractivity contribution in [3.63, 3.8) is 0 Å². The van der Waals surface area contributed by atoms with E-state index in [4.69, 9.17) is 4.42 Å². The zero-order valence-corrected chi connectivity index (χ0v) is 15.1. The lowest BCUT2D eigenvalue weighted by Crippen LogP contribution is -2.14. The van der Waals surface area contributed by atoms with Crippen LogP contribution < -0.4 is 5.32 Å². The molecule has 10 heteroatoms. The van der Waals surface area contributed by atoms with E-state index in [0.717, 1.165) is 0 Å². The molecule has 0 aliphatic rings. The van der Waals surface area contributed by atoms with E-state index in [0.29, 0.717) is 10.9 Å². The maximum atomic E-state index is 12.8. The topological polar surface area (TPSA) is 148 Å². The molecule has 0 radical (unpaired) electrons. The molecule has 0 saturated carbocycles. The van der Waals surface area contributed by atoms with Crippen LogP contribution in [-0.2, 0) is 0 Å². The van der Waals surface area contributed by atoms with Gasteiger partial charge in [-0.15, -0.1) is 5.10 Å². The Morgan fingerprint density at radius 2 is 1.70 bits per heavy atom. The highest BCUT2D eigenvalue weighted by Gasteiger charge is 2.19. The summed E-state index contributed by atoms with van der Waals surface area (Å²) >= 11 is 0. The number of amides is 1. The number of nitro groups is 1. The van der Waals surface area contributed by atoms with Crippen LogP contribution in [0.3, 0.4) is 0 Å². The van der Waals surface area contributed by atoms with Gasteiger partial charge in [0.05, 0.1) is 10.5 Å². The normalized spacial score (nSPS) is 10.7. The van der Waals surface area contributed by atoms with Crippen molar-refractivity contribution in [2.75, 3.05) is 5.32 Å². The van der Waals surface area contributed by atoms with Crippen molar-refractivity contribution in [1.82, 2.24) is 10.2 Å². The molecule has 0 bridgehead atoms. The molecule has 0 aliphatic heterocycles.